The van der Waals surface area contributed by atoms with Crippen LogP contribution in [0.3, 0.4) is 0 Å². The highest BCUT2D eigenvalue weighted by atomic mass is 16.3. The van der Waals surface area contributed by atoms with Crippen molar-refractivity contribution in [2.75, 3.05) is 0 Å². The van der Waals surface area contributed by atoms with Crippen LogP contribution in [-0.2, 0) is 12.5 Å². The summed E-state index contributed by atoms with van der Waals surface area (Å²) in [6.07, 6.45) is 4.28. The Bertz CT molecular complexity index is 1750. The van der Waals surface area contributed by atoms with Gasteiger partial charge in [-0.25, -0.2) is 4.57 Å². The second-order valence-electron chi connectivity index (χ2n) is 10.2. The van der Waals surface area contributed by atoms with Gasteiger partial charge in [-0.1, -0.05) is 54.6 Å². The van der Waals surface area contributed by atoms with E-state index in [1.54, 1.807) is 0 Å². The Hall–Kier alpha value is -4.24. The van der Waals surface area contributed by atoms with Gasteiger partial charge in [-0.05, 0) is 49.6 Å². The highest BCUT2D eigenvalue weighted by Crippen LogP contribution is 2.44. The minimum atomic E-state index is -0.407. The normalized spacial score (nSPS) is 13.2. The summed E-state index contributed by atoms with van der Waals surface area (Å²) in [5.41, 5.74) is 9.97. The van der Waals surface area contributed by atoms with Crippen LogP contribution in [0.1, 0.15) is 40.6 Å². The molecule has 0 radical (unpaired) electrons. The predicted octanol–water partition coefficient (Wildman–Crippen LogP) is 6.97. The summed E-state index contributed by atoms with van der Waals surface area (Å²) in [6, 6.07) is 32.3. The van der Waals surface area contributed by atoms with Gasteiger partial charge in [-0.15, -0.1) is 0 Å². The molecule has 3 aromatic carbocycles. The van der Waals surface area contributed by atoms with Crippen LogP contribution >= 0.6 is 0 Å². The molecule has 3 heteroatoms. The summed E-state index contributed by atoms with van der Waals surface area (Å²) in [6.45, 7) is 8.98. The third-order valence-electron chi connectivity index (χ3n) is 7.99. The molecule has 182 valence electrons. The molecule has 0 bridgehead atoms. The van der Waals surface area contributed by atoms with Gasteiger partial charge < -0.3 is 4.42 Å². The second kappa shape index (κ2) is 8.70. The van der Waals surface area contributed by atoms with Crippen LogP contribution in [0.4, 0.5) is 0 Å². The van der Waals surface area contributed by atoms with Gasteiger partial charge in [0.15, 0.2) is 23.8 Å². The van der Waals surface area contributed by atoms with Crippen molar-refractivity contribution in [3.05, 3.63) is 137 Å². The number of aromatic nitrogens is 2. The van der Waals surface area contributed by atoms with Crippen molar-refractivity contribution in [1.82, 2.24) is 0 Å². The van der Waals surface area contributed by atoms with Gasteiger partial charge in [0.25, 0.3) is 5.69 Å². The fourth-order valence-corrected chi connectivity index (χ4v) is 6.12. The first-order valence-electron chi connectivity index (χ1n) is 12.9. The van der Waals surface area contributed by atoms with Gasteiger partial charge in [0.1, 0.15) is 18.0 Å². The first-order chi connectivity index (χ1) is 17.9. The highest BCUT2D eigenvalue weighted by molar-refractivity contribution is 6.07. The number of aryl methyl sites for hydroxylation is 3. The predicted molar refractivity (Wildman–Crippen MR) is 149 cm³/mol. The molecule has 0 aliphatic heterocycles. The van der Waals surface area contributed by atoms with Crippen molar-refractivity contribution in [3.63, 3.8) is 0 Å². The molecule has 37 heavy (non-hydrogen) atoms. The standard InChI is InChI=1S/C34H32N2O/c1-23-14-6-8-17-28(23)34(4,31-19-11-12-20-35(31)5)29-22-27-26-16-7-9-18-30(26)37-33(27)32(25(29)3)36-21-13-10-15-24(36)2/h6-22H,1-5H3/q+2. The quantitative estimate of drug-likeness (QED) is 0.248. The molecule has 6 aromatic rings. The number of rotatable bonds is 4. The summed E-state index contributed by atoms with van der Waals surface area (Å²) in [4.78, 5) is 0. The van der Waals surface area contributed by atoms with E-state index in [0.29, 0.717) is 0 Å². The Morgan fingerprint density at radius 1 is 0.703 bits per heavy atom. The molecule has 0 amide bonds. The van der Waals surface area contributed by atoms with Gasteiger partial charge in [0, 0.05) is 47.5 Å². The third kappa shape index (κ3) is 3.49. The van der Waals surface area contributed by atoms with Crippen LogP contribution in [0, 0.1) is 20.8 Å². The Balaban J connectivity index is 1.82. The summed E-state index contributed by atoms with van der Waals surface area (Å²) in [5.74, 6) is 0. The maximum atomic E-state index is 6.57. The Morgan fingerprint density at radius 2 is 1.41 bits per heavy atom. The molecule has 0 saturated heterocycles. The smallest absolute Gasteiger partial charge is 0.257 e. The number of fused-ring (bicyclic) bond motifs is 3. The molecule has 0 aliphatic carbocycles. The summed E-state index contributed by atoms with van der Waals surface area (Å²) >= 11 is 0. The van der Waals surface area contributed by atoms with Gasteiger partial charge in [-0.3, -0.25) is 0 Å². The van der Waals surface area contributed by atoms with Crippen LogP contribution in [0.5, 0.6) is 0 Å². The van der Waals surface area contributed by atoms with Crippen molar-refractivity contribution >= 4 is 21.9 Å². The van der Waals surface area contributed by atoms with Crippen molar-refractivity contribution in [3.8, 4) is 5.69 Å². The number of hydrogen-bond donors (Lipinski definition) is 0. The zero-order valence-electron chi connectivity index (χ0n) is 22.1. The first-order valence-corrected chi connectivity index (χ1v) is 12.9. The third-order valence-corrected chi connectivity index (χ3v) is 7.99. The number of hydrogen-bond acceptors (Lipinski definition) is 1. The average molecular weight is 485 g/mol. The lowest BCUT2D eigenvalue weighted by molar-refractivity contribution is -0.681. The molecule has 3 heterocycles. The Labute approximate surface area is 218 Å². The lowest BCUT2D eigenvalue weighted by atomic mass is 9.69. The topological polar surface area (TPSA) is 20.9 Å². The van der Waals surface area contributed by atoms with E-state index in [2.05, 4.69) is 141 Å². The number of para-hydroxylation sites is 1. The van der Waals surface area contributed by atoms with E-state index in [-0.39, 0.29) is 0 Å². The Kier molecular flexibility index (Phi) is 5.45. The molecule has 0 spiro atoms. The second-order valence-corrected chi connectivity index (χ2v) is 10.2. The molecule has 0 aliphatic rings. The molecule has 1 atom stereocenters. The lowest BCUT2D eigenvalue weighted by Gasteiger charge is -2.31. The van der Waals surface area contributed by atoms with E-state index in [4.69, 9.17) is 4.42 Å². The number of benzene rings is 3. The fourth-order valence-electron chi connectivity index (χ4n) is 6.12. The van der Waals surface area contributed by atoms with Crippen LogP contribution < -0.4 is 9.13 Å². The van der Waals surface area contributed by atoms with Crippen molar-refractivity contribution in [1.29, 1.82) is 0 Å². The number of nitrogens with zero attached hydrogens (tertiary/aromatic N) is 2. The minimum absolute atomic E-state index is 0.407. The van der Waals surface area contributed by atoms with E-state index in [0.717, 1.165) is 33.3 Å². The lowest BCUT2D eigenvalue weighted by Crippen LogP contribution is -2.44. The average Bonchev–Trinajstić information content (AvgIpc) is 3.27. The molecule has 3 aromatic heterocycles. The maximum absolute atomic E-state index is 6.57. The van der Waals surface area contributed by atoms with Crippen LogP contribution in [-0.4, -0.2) is 0 Å². The van der Waals surface area contributed by atoms with Gasteiger partial charge in [-0.2, -0.15) is 4.57 Å². The van der Waals surface area contributed by atoms with E-state index < -0.39 is 5.41 Å². The molecule has 1 unspecified atom stereocenters. The molecule has 6 rings (SSSR count). The summed E-state index contributed by atoms with van der Waals surface area (Å²) < 4.78 is 11.1. The Morgan fingerprint density at radius 3 is 2.19 bits per heavy atom. The van der Waals surface area contributed by atoms with Crippen molar-refractivity contribution in [2.45, 2.75) is 33.1 Å². The molecule has 0 saturated carbocycles. The van der Waals surface area contributed by atoms with Gasteiger partial charge in [0.2, 0.25) is 5.58 Å². The van der Waals surface area contributed by atoms with Crippen LogP contribution in [0.25, 0.3) is 27.6 Å². The molecular formula is C34H32N2O+2. The zero-order chi connectivity index (χ0) is 25.7. The van der Waals surface area contributed by atoms with Gasteiger partial charge in [0.05, 0.1) is 0 Å². The first kappa shape index (κ1) is 23.2. The molecule has 0 N–H and O–H groups in total. The number of pyridine rings is 2. The number of furan rings is 1. The van der Waals surface area contributed by atoms with Crippen LogP contribution in [0.2, 0.25) is 0 Å². The van der Waals surface area contributed by atoms with Crippen molar-refractivity contribution in [2.24, 2.45) is 7.05 Å². The molecule has 0 fully saturated rings. The largest absolute Gasteiger partial charge is 0.449 e. The van der Waals surface area contributed by atoms with Crippen LogP contribution in [0.15, 0.2) is 108 Å². The summed E-state index contributed by atoms with van der Waals surface area (Å²) in [5, 5.41) is 2.28. The van der Waals surface area contributed by atoms with E-state index in [1.165, 1.54) is 27.9 Å². The maximum Gasteiger partial charge on any atom is 0.257 e. The van der Waals surface area contributed by atoms with E-state index in [1.807, 2.05) is 6.07 Å². The zero-order valence-corrected chi connectivity index (χ0v) is 22.1. The molecular weight excluding hydrogens is 452 g/mol. The molecule has 3 nitrogen and oxygen atoms in total. The van der Waals surface area contributed by atoms with Gasteiger partial charge >= 0.3 is 0 Å². The minimum Gasteiger partial charge on any atom is -0.449 e. The SMILES string of the molecule is Cc1ccccc1C(C)(c1cc2c(oc3ccccc32)c(-[n+]2ccccc2C)c1C)c1cccc[n+]1C. The highest BCUT2D eigenvalue weighted by Gasteiger charge is 2.42. The fraction of sp³-hybridized carbons (Fsp3) is 0.176. The van der Waals surface area contributed by atoms with E-state index in [9.17, 15) is 0 Å². The van der Waals surface area contributed by atoms with Crippen molar-refractivity contribution < 1.29 is 13.6 Å². The van der Waals surface area contributed by atoms with E-state index >= 15 is 0 Å². The monoisotopic (exact) mass is 484 g/mol. The summed E-state index contributed by atoms with van der Waals surface area (Å²) in [7, 11) is 2.14.